The molecule has 2 aromatic rings. The van der Waals surface area contributed by atoms with Crippen molar-refractivity contribution in [2.24, 2.45) is 0 Å². The molecule has 0 saturated carbocycles. The Kier molecular flexibility index (Phi) is 4.01. The molecule has 2 heterocycles. The van der Waals surface area contributed by atoms with E-state index in [2.05, 4.69) is 20.4 Å². The van der Waals surface area contributed by atoms with E-state index in [0.717, 1.165) is 31.6 Å². The Hall–Kier alpha value is -1.75. The number of hydrogen-bond donors (Lipinski definition) is 1. The summed E-state index contributed by atoms with van der Waals surface area (Å²) in [5.41, 5.74) is 1.10. The van der Waals surface area contributed by atoms with Gasteiger partial charge in [0.15, 0.2) is 6.33 Å². The summed E-state index contributed by atoms with van der Waals surface area (Å²) in [7, 11) is 0. The lowest BCUT2D eigenvalue weighted by Crippen LogP contribution is -2.20. The predicted octanol–water partition coefficient (Wildman–Crippen LogP) is 0.839. The Morgan fingerprint density at radius 2 is 2.06 bits per heavy atom. The molecule has 5 heteroatoms. The van der Waals surface area contributed by atoms with E-state index in [0.29, 0.717) is 5.89 Å². The predicted molar refractivity (Wildman–Crippen MR) is 58.8 cm³/mol. The Bertz CT molecular complexity index is 388. The van der Waals surface area contributed by atoms with Crippen molar-refractivity contribution in [3.63, 3.8) is 0 Å². The molecule has 0 amide bonds. The van der Waals surface area contributed by atoms with Gasteiger partial charge in [-0.25, -0.2) is 0 Å². The minimum atomic E-state index is 0.672. The molecular weight excluding hydrogens is 204 g/mol. The molecule has 2 rings (SSSR count). The largest absolute Gasteiger partial charge is 0.340 e. The van der Waals surface area contributed by atoms with Gasteiger partial charge in [-0.1, -0.05) is 11.2 Å². The molecule has 0 saturated heterocycles. The molecule has 0 aliphatic heterocycles. The van der Waals surface area contributed by atoms with Gasteiger partial charge in [-0.3, -0.25) is 4.98 Å². The van der Waals surface area contributed by atoms with Gasteiger partial charge in [0.05, 0.1) is 0 Å². The SMILES string of the molecule is c1ccc(CCNCCc2ncno2)nc1. The van der Waals surface area contributed by atoms with Gasteiger partial charge < -0.3 is 9.84 Å². The van der Waals surface area contributed by atoms with Crippen LogP contribution in [0.4, 0.5) is 0 Å². The maximum Gasteiger partial charge on any atom is 0.227 e. The van der Waals surface area contributed by atoms with E-state index in [1.165, 1.54) is 6.33 Å². The van der Waals surface area contributed by atoms with Gasteiger partial charge in [0.1, 0.15) is 0 Å². The van der Waals surface area contributed by atoms with Crippen molar-refractivity contribution in [3.8, 4) is 0 Å². The van der Waals surface area contributed by atoms with Gasteiger partial charge in [-0.15, -0.1) is 0 Å². The fourth-order valence-corrected chi connectivity index (χ4v) is 1.39. The van der Waals surface area contributed by atoms with Crippen LogP contribution in [0, 0.1) is 0 Å². The average molecular weight is 218 g/mol. The molecule has 2 aromatic heterocycles. The van der Waals surface area contributed by atoms with E-state index >= 15 is 0 Å². The maximum atomic E-state index is 4.88. The molecule has 0 fully saturated rings. The molecule has 84 valence electrons. The third kappa shape index (κ3) is 3.43. The summed E-state index contributed by atoms with van der Waals surface area (Å²) in [5.74, 6) is 0.672. The number of rotatable bonds is 6. The second kappa shape index (κ2) is 5.97. The number of aromatic nitrogens is 3. The molecule has 16 heavy (non-hydrogen) atoms. The van der Waals surface area contributed by atoms with E-state index in [9.17, 15) is 0 Å². The average Bonchev–Trinajstić information content (AvgIpc) is 2.83. The van der Waals surface area contributed by atoms with E-state index < -0.39 is 0 Å². The smallest absolute Gasteiger partial charge is 0.227 e. The number of hydrogen-bond acceptors (Lipinski definition) is 5. The van der Waals surface area contributed by atoms with Gasteiger partial charge in [0.2, 0.25) is 5.89 Å². The molecule has 0 atom stereocenters. The summed E-state index contributed by atoms with van der Waals surface area (Å²) in [6.07, 6.45) is 4.93. The summed E-state index contributed by atoms with van der Waals surface area (Å²) in [4.78, 5) is 8.19. The Morgan fingerprint density at radius 3 is 2.81 bits per heavy atom. The van der Waals surface area contributed by atoms with Gasteiger partial charge in [0.25, 0.3) is 0 Å². The van der Waals surface area contributed by atoms with Crippen LogP contribution in [-0.2, 0) is 12.8 Å². The summed E-state index contributed by atoms with van der Waals surface area (Å²) in [5, 5.41) is 6.85. The second-order valence-corrected chi connectivity index (χ2v) is 3.41. The standard InChI is InChI=1S/C11H14N4O/c1-2-6-13-10(3-1)4-7-12-8-5-11-14-9-15-16-11/h1-3,6,9,12H,4-5,7-8H2. The first-order chi connectivity index (χ1) is 7.95. The van der Waals surface area contributed by atoms with Crippen molar-refractivity contribution in [2.75, 3.05) is 13.1 Å². The minimum Gasteiger partial charge on any atom is -0.340 e. The maximum absolute atomic E-state index is 4.88. The third-order valence-corrected chi connectivity index (χ3v) is 2.21. The molecule has 0 bridgehead atoms. The number of nitrogens with zero attached hydrogens (tertiary/aromatic N) is 3. The highest BCUT2D eigenvalue weighted by molar-refractivity contribution is 5.03. The first-order valence-electron chi connectivity index (χ1n) is 5.31. The van der Waals surface area contributed by atoms with Crippen LogP contribution in [-0.4, -0.2) is 28.2 Å². The van der Waals surface area contributed by atoms with Crippen LogP contribution in [0.2, 0.25) is 0 Å². The van der Waals surface area contributed by atoms with Crippen molar-refractivity contribution >= 4 is 0 Å². The van der Waals surface area contributed by atoms with Gasteiger partial charge in [0, 0.05) is 37.8 Å². The number of pyridine rings is 1. The van der Waals surface area contributed by atoms with Gasteiger partial charge in [-0.05, 0) is 12.1 Å². The highest BCUT2D eigenvalue weighted by Crippen LogP contribution is 1.94. The van der Waals surface area contributed by atoms with Crippen LogP contribution in [0.5, 0.6) is 0 Å². The van der Waals surface area contributed by atoms with Crippen LogP contribution < -0.4 is 5.32 Å². The number of nitrogens with one attached hydrogen (secondary N) is 1. The molecule has 1 N–H and O–H groups in total. The van der Waals surface area contributed by atoms with E-state index in [-0.39, 0.29) is 0 Å². The normalized spacial score (nSPS) is 10.5. The molecule has 0 aliphatic rings. The van der Waals surface area contributed by atoms with Crippen molar-refractivity contribution < 1.29 is 4.52 Å². The summed E-state index contributed by atoms with van der Waals surface area (Å²) in [6, 6.07) is 5.95. The zero-order valence-corrected chi connectivity index (χ0v) is 8.97. The lowest BCUT2D eigenvalue weighted by molar-refractivity contribution is 0.375. The highest BCUT2D eigenvalue weighted by atomic mass is 16.5. The summed E-state index contributed by atoms with van der Waals surface area (Å²) < 4.78 is 4.88. The fourth-order valence-electron chi connectivity index (χ4n) is 1.39. The first-order valence-corrected chi connectivity index (χ1v) is 5.31. The highest BCUT2D eigenvalue weighted by Gasteiger charge is 1.98. The minimum absolute atomic E-state index is 0.672. The quantitative estimate of drug-likeness (QED) is 0.728. The Balaban J connectivity index is 1.59. The zero-order chi connectivity index (χ0) is 11.1. The molecule has 0 unspecified atom stereocenters. The Morgan fingerprint density at radius 1 is 1.12 bits per heavy atom. The second-order valence-electron chi connectivity index (χ2n) is 3.41. The molecular formula is C11H14N4O. The third-order valence-electron chi connectivity index (χ3n) is 2.21. The van der Waals surface area contributed by atoms with Crippen LogP contribution >= 0.6 is 0 Å². The van der Waals surface area contributed by atoms with Crippen LogP contribution in [0.3, 0.4) is 0 Å². The Labute approximate surface area is 93.9 Å². The van der Waals surface area contributed by atoms with Crippen molar-refractivity contribution in [1.82, 2.24) is 20.4 Å². The van der Waals surface area contributed by atoms with Gasteiger partial charge >= 0.3 is 0 Å². The van der Waals surface area contributed by atoms with E-state index in [1.807, 2.05) is 24.4 Å². The van der Waals surface area contributed by atoms with E-state index in [1.54, 1.807) is 0 Å². The molecule has 0 radical (unpaired) electrons. The van der Waals surface area contributed by atoms with Crippen molar-refractivity contribution in [3.05, 3.63) is 42.3 Å². The molecule has 5 nitrogen and oxygen atoms in total. The fraction of sp³-hybridized carbons (Fsp3) is 0.364. The van der Waals surface area contributed by atoms with E-state index in [4.69, 9.17) is 4.52 Å². The summed E-state index contributed by atoms with van der Waals surface area (Å²) in [6.45, 7) is 1.75. The monoisotopic (exact) mass is 218 g/mol. The zero-order valence-electron chi connectivity index (χ0n) is 8.97. The first kappa shape index (κ1) is 10.8. The van der Waals surface area contributed by atoms with Crippen molar-refractivity contribution in [2.45, 2.75) is 12.8 Å². The topological polar surface area (TPSA) is 63.8 Å². The van der Waals surface area contributed by atoms with Crippen molar-refractivity contribution in [1.29, 1.82) is 0 Å². The van der Waals surface area contributed by atoms with Crippen LogP contribution in [0.1, 0.15) is 11.6 Å². The van der Waals surface area contributed by atoms with Crippen LogP contribution in [0.25, 0.3) is 0 Å². The van der Waals surface area contributed by atoms with Crippen LogP contribution in [0.15, 0.2) is 35.2 Å². The lowest BCUT2D eigenvalue weighted by atomic mass is 10.2. The molecule has 0 spiro atoms. The molecule has 0 aromatic carbocycles. The summed E-state index contributed by atoms with van der Waals surface area (Å²) >= 11 is 0. The van der Waals surface area contributed by atoms with Gasteiger partial charge in [-0.2, -0.15) is 4.98 Å². The lowest BCUT2D eigenvalue weighted by Gasteiger charge is -2.02. The molecule has 0 aliphatic carbocycles.